The number of fused-ring (bicyclic) bond motifs is 1. The molecule has 0 fully saturated rings. The maximum absolute atomic E-state index is 12.0. The third kappa shape index (κ3) is 3.48. The van der Waals surface area contributed by atoms with Crippen molar-refractivity contribution in [1.82, 2.24) is 0 Å². The molecular weight excluding hydrogens is 338 g/mol. The molecule has 5 nitrogen and oxygen atoms in total. The lowest BCUT2D eigenvalue weighted by Gasteiger charge is -2.07. The molecule has 120 valence electrons. The molecule has 0 aliphatic heterocycles. The Balaban J connectivity index is 1.66. The first-order valence-corrected chi connectivity index (χ1v) is 8.30. The van der Waals surface area contributed by atoms with Crippen LogP contribution in [-0.2, 0) is 17.6 Å². The molecule has 1 aliphatic rings. The molecule has 1 amide bonds. The number of thiophene rings is 1. The second-order valence-electron chi connectivity index (χ2n) is 5.16. The van der Waals surface area contributed by atoms with Crippen LogP contribution in [0.5, 0.6) is 5.75 Å². The Kier molecular flexibility index (Phi) is 4.54. The number of carbonyl (C=O) groups excluding carboxylic acids is 1. The van der Waals surface area contributed by atoms with Crippen molar-refractivity contribution in [2.24, 2.45) is 0 Å². The van der Waals surface area contributed by atoms with Crippen LogP contribution in [0.25, 0.3) is 0 Å². The van der Waals surface area contributed by atoms with E-state index in [4.69, 9.17) is 16.3 Å². The molecule has 0 unspecified atom stereocenters. The van der Waals surface area contributed by atoms with Crippen LogP contribution in [-0.4, -0.2) is 23.6 Å². The first kappa shape index (κ1) is 15.8. The summed E-state index contributed by atoms with van der Waals surface area (Å²) in [5, 5.41) is 13.0. The molecule has 0 saturated heterocycles. The van der Waals surface area contributed by atoms with E-state index in [0.717, 1.165) is 29.7 Å². The molecule has 23 heavy (non-hydrogen) atoms. The van der Waals surface area contributed by atoms with Gasteiger partial charge in [0.25, 0.3) is 5.91 Å². The minimum absolute atomic E-state index is 0.191. The smallest absolute Gasteiger partial charge is 0.339 e. The van der Waals surface area contributed by atoms with Crippen molar-refractivity contribution in [2.45, 2.75) is 19.3 Å². The zero-order valence-corrected chi connectivity index (χ0v) is 13.7. The zero-order valence-electron chi connectivity index (χ0n) is 12.1. The van der Waals surface area contributed by atoms with Gasteiger partial charge < -0.3 is 15.2 Å². The van der Waals surface area contributed by atoms with Crippen LogP contribution in [0.4, 0.5) is 5.00 Å². The fourth-order valence-corrected chi connectivity index (χ4v) is 3.98. The number of carboxylic acids is 1. The fraction of sp³-hybridized carbons (Fsp3) is 0.250. The molecular formula is C16H14ClNO4S. The van der Waals surface area contributed by atoms with Crippen LogP contribution < -0.4 is 10.1 Å². The van der Waals surface area contributed by atoms with Crippen molar-refractivity contribution in [3.63, 3.8) is 0 Å². The Bertz CT molecular complexity index is 754. The summed E-state index contributed by atoms with van der Waals surface area (Å²) in [4.78, 5) is 24.5. The summed E-state index contributed by atoms with van der Waals surface area (Å²) in [5.41, 5.74) is 1.08. The second kappa shape index (κ2) is 6.60. The highest BCUT2D eigenvalue weighted by Crippen LogP contribution is 2.39. The molecule has 0 atom stereocenters. The maximum atomic E-state index is 12.0. The third-order valence-electron chi connectivity index (χ3n) is 3.57. The molecule has 3 rings (SSSR count). The number of benzene rings is 1. The van der Waals surface area contributed by atoms with Gasteiger partial charge >= 0.3 is 5.97 Å². The number of nitrogens with one attached hydrogen (secondary N) is 1. The molecule has 2 N–H and O–H groups in total. The van der Waals surface area contributed by atoms with E-state index in [-0.39, 0.29) is 18.1 Å². The normalized spacial score (nSPS) is 12.7. The van der Waals surface area contributed by atoms with E-state index in [1.54, 1.807) is 24.3 Å². The lowest BCUT2D eigenvalue weighted by Crippen LogP contribution is -2.20. The van der Waals surface area contributed by atoms with Crippen molar-refractivity contribution in [3.05, 3.63) is 45.3 Å². The summed E-state index contributed by atoms with van der Waals surface area (Å²) in [7, 11) is 0. The van der Waals surface area contributed by atoms with E-state index in [2.05, 4.69) is 5.32 Å². The number of carboxylic acid groups (broad SMARTS) is 1. The van der Waals surface area contributed by atoms with E-state index >= 15 is 0 Å². The molecule has 7 heteroatoms. The quantitative estimate of drug-likeness (QED) is 0.862. The first-order chi connectivity index (χ1) is 11.0. The Hall–Kier alpha value is -2.05. The van der Waals surface area contributed by atoms with Gasteiger partial charge in [0, 0.05) is 9.90 Å². The maximum Gasteiger partial charge on any atom is 0.339 e. The largest absolute Gasteiger partial charge is 0.484 e. The van der Waals surface area contributed by atoms with Crippen molar-refractivity contribution >= 4 is 39.8 Å². The standard InChI is InChI=1S/C16H14ClNO4S/c17-9-4-6-10(7-5-9)22-8-13(19)18-15-14(16(20)21)11-2-1-3-12(11)23-15/h4-7H,1-3,8H2,(H,18,19)(H,20,21). The predicted molar refractivity (Wildman–Crippen MR) is 88.9 cm³/mol. The second-order valence-corrected chi connectivity index (χ2v) is 6.70. The predicted octanol–water partition coefficient (Wildman–Crippen LogP) is 3.61. The molecule has 1 aromatic carbocycles. The molecule has 0 radical (unpaired) electrons. The Morgan fingerprint density at radius 1 is 1.26 bits per heavy atom. The minimum Gasteiger partial charge on any atom is -0.484 e. The van der Waals surface area contributed by atoms with E-state index in [0.29, 0.717) is 15.8 Å². The van der Waals surface area contributed by atoms with E-state index < -0.39 is 5.97 Å². The fourth-order valence-electron chi connectivity index (χ4n) is 2.56. The summed E-state index contributed by atoms with van der Waals surface area (Å²) in [6.45, 7) is -0.191. The van der Waals surface area contributed by atoms with Gasteiger partial charge in [-0.1, -0.05) is 11.6 Å². The summed E-state index contributed by atoms with van der Waals surface area (Å²) < 4.78 is 5.36. The van der Waals surface area contributed by atoms with Gasteiger partial charge in [-0.25, -0.2) is 4.79 Å². The molecule has 1 heterocycles. The molecule has 0 bridgehead atoms. The number of aryl methyl sites for hydroxylation is 1. The van der Waals surface area contributed by atoms with Gasteiger partial charge in [-0.2, -0.15) is 0 Å². The van der Waals surface area contributed by atoms with Crippen LogP contribution in [0.15, 0.2) is 24.3 Å². The first-order valence-electron chi connectivity index (χ1n) is 7.10. The summed E-state index contributed by atoms with van der Waals surface area (Å²) >= 11 is 7.12. The minimum atomic E-state index is -1.00. The van der Waals surface area contributed by atoms with Gasteiger partial charge in [-0.05, 0) is 49.1 Å². The van der Waals surface area contributed by atoms with Crippen LogP contribution in [0.2, 0.25) is 5.02 Å². The van der Waals surface area contributed by atoms with Gasteiger partial charge in [0.05, 0.1) is 5.56 Å². The number of aromatic carboxylic acids is 1. The lowest BCUT2D eigenvalue weighted by atomic mass is 10.1. The van der Waals surface area contributed by atoms with Gasteiger partial charge in [0.1, 0.15) is 10.8 Å². The average molecular weight is 352 g/mol. The highest BCUT2D eigenvalue weighted by molar-refractivity contribution is 7.17. The van der Waals surface area contributed by atoms with E-state index in [1.807, 2.05) is 0 Å². The van der Waals surface area contributed by atoms with Crippen LogP contribution in [0.3, 0.4) is 0 Å². The number of amides is 1. The monoisotopic (exact) mass is 351 g/mol. The molecule has 1 aliphatic carbocycles. The van der Waals surface area contributed by atoms with Gasteiger partial charge in [0.15, 0.2) is 6.61 Å². The average Bonchev–Trinajstić information content (AvgIpc) is 3.06. The number of ether oxygens (including phenoxy) is 1. The Morgan fingerprint density at radius 3 is 2.70 bits per heavy atom. The lowest BCUT2D eigenvalue weighted by molar-refractivity contribution is -0.118. The Morgan fingerprint density at radius 2 is 2.00 bits per heavy atom. The Labute approximate surface area is 141 Å². The van der Waals surface area contributed by atoms with Crippen molar-refractivity contribution < 1.29 is 19.4 Å². The highest BCUT2D eigenvalue weighted by atomic mass is 35.5. The number of carbonyl (C=O) groups is 2. The van der Waals surface area contributed by atoms with Crippen LogP contribution >= 0.6 is 22.9 Å². The molecule has 0 spiro atoms. The number of anilines is 1. The zero-order chi connectivity index (χ0) is 16.4. The molecule has 0 saturated carbocycles. The topological polar surface area (TPSA) is 75.6 Å². The third-order valence-corrected chi connectivity index (χ3v) is 5.03. The summed E-state index contributed by atoms with van der Waals surface area (Å²) in [5.74, 6) is -0.864. The van der Waals surface area contributed by atoms with Crippen molar-refractivity contribution in [3.8, 4) is 5.75 Å². The SMILES string of the molecule is O=C(COc1ccc(Cl)cc1)Nc1sc2c(c1C(=O)O)CCC2. The number of halogens is 1. The van der Waals surface area contributed by atoms with Crippen molar-refractivity contribution in [2.75, 3.05) is 11.9 Å². The van der Waals surface area contributed by atoms with Gasteiger partial charge in [-0.3, -0.25) is 4.79 Å². The van der Waals surface area contributed by atoms with E-state index in [1.165, 1.54) is 11.3 Å². The molecule has 1 aromatic heterocycles. The van der Waals surface area contributed by atoms with Gasteiger partial charge in [0.2, 0.25) is 0 Å². The summed E-state index contributed by atoms with van der Waals surface area (Å²) in [6, 6.07) is 6.66. The summed E-state index contributed by atoms with van der Waals surface area (Å²) in [6.07, 6.45) is 2.59. The number of hydrogen-bond acceptors (Lipinski definition) is 4. The van der Waals surface area contributed by atoms with E-state index in [9.17, 15) is 14.7 Å². The highest BCUT2D eigenvalue weighted by Gasteiger charge is 2.27. The van der Waals surface area contributed by atoms with Crippen LogP contribution in [0.1, 0.15) is 27.2 Å². The van der Waals surface area contributed by atoms with Crippen molar-refractivity contribution in [1.29, 1.82) is 0 Å². The number of hydrogen-bond donors (Lipinski definition) is 2. The van der Waals surface area contributed by atoms with Gasteiger partial charge in [-0.15, -0.1) is 11.3 Å². The number of rotatable bonds is 5. The van der Waals surface area contributed by atoms with Crippen LogP contribution in [0, 0.1) is 0 Å². The molecule has 2 aromatic rings.